The van der Waals surface area contributed by atoms with Crippen LogP contribution in [0.1, 0.15) is 24.5 Å². The number of methoxy groups -OCH3 is 1. The first-order valence-corrected chi connectivity index (χ1v) is 12.6. The number of nitrogens with one attached hydrogen (secondary N) is 2. The number of ether oxygens (including phenoxy) is 1. The lowest BCUT2D eigenvalue weighted by Crippen LogP contribution is -2.45. The zero-order chi connectivity index (χ0) is 26.0. The van der Waals surface area contributed by atoms with E-state index in [1.165, 1.54) is 0 Å². The van der Waals surface area contributed by atoms with Crippen molar-refractivity contribution in [2.24, 2.45) is 0 Å². The van der Waals surface area contributed by atoms with Gasteiger partial charge in [-0.3, -0.25) is 4.79 Å². The highest BCUT2D eigenvalue weighted by Crippen LogP contribution is 2.20. The molecule has 192 valence electrons. The predicted octanol–water partition coefficient (Wildman–Crippen LogP) is 5.69. The van der Waals surface area contributed by atoms with E-state index < -0.39 is 0 Å². The Morgan fingerprint density at radius 3 is 2.35 bits per heavy atom. The molecular weight excluding hydrogens is 464 g/mol. The SMILES string of the molecule is CCCN(CC(=O)N(CCc1c[nH]c2ccccc12)Cc1ccc(OC)cc1)C(=O)Nc1ccccc1. The van der Waals surface area contributed by atoms with Crippen LogP contribution in [0.25, 0.3) is 10.9 Å². The summed E-state index contributed by atoms with van der Waals surface area (Å²) in [5.41, 5.74) is 3.95. The van der Waals surface area contributed by atoms with Gasteiger partial charge in [0.1, 0.15) is 12.3 Å². The van der Waals surface area contributed by atoms with E-state index >= 15 is 0 Å². The van der Waals surface area contributed by atoms with Gasteiger partial charge in [0.15, 0.2) is 0 Å². The van der Waals surface area contributed by atoms with Gasteiger partial charge in [-0.1, -0.05) is 55.5 Å². The maximum atomic E-state index is 13.6. The van der Waals surface area contributed by atoms with Gasteiger partial charge in [0.05, 0.1) is 7.11 Å². The molecule has 37 heavy (non-hydrogen) atoms. The molecule has 0 aliphatic heterocycles. The number of H-pyrrole nitrogens is 1. The van der Waals surface area contributed by atoms with Crippen molar-refractivity contribution in [3.05, 3.63) is 96.2 Å². The molecule has 0 radical (unpaired) electrons. The lowest BCUT2D eigenvalue weighted by molar-refractivity contribution is -0.132. The van der Waals surface area contributed by atoms with Crippen molar-refractivity contribution in [2.75, 3.05) is 32.1 Å². The van der Waals surface area contributed by atoms with Crippen molar-refractivity contribution in [3.63, 3.8) is 0 Å². The van der Waals surface area contributed by atoms with Crippen LogP contribution < -0.4 is 10.1 Å². The number of aromatic nitrogens is 1. The van der Waals surface area contributed by atoms with E-state index in [1.54, 1.807) is 12.0 Å². The van der Waals surface area contributed by atoms with Crippen molar-refractivity contribution in [1.29, 1.82) is 0 Å². The lowest BCUT2D eigenvalue weighted by atomic mass is 10.1. The molecule has 4 aromatic rings. The summed E-state index contributed by atoms with van der Waals surface area (Å²) in [7, 11) is 1.63. The summed E-state index contributed by atoms with van der Waals surface area (Å²) >= 11 is 0. The average molecular weight is 499 g/mol. The zero-order valence-electron chi connectivity index (χ0n) is 21.4. The number of nitrogens with zero attached hydrogens (tertiary/aromatic N) is 2. The van der Waals surface area contributed by atoms with Crippen molar-refractivity contribution in [3.8, 4) is 5.75 Å². The van der Waals surface area contributed by atoms with Crippen LogP contribution in [0.5, 0.6) is 5.75 Å². The van der Waals surface area contributed by atoms with Gasteiger partial charge in [-0.05, 0) is 54.3 Å². The Kier molecular flexibility index (Phi) is 8.81. The Hall–Kier alpha value is -4.26. The van der Waals surface area contributed by atoms with E-state index in [4.69, 9.17) is 4.74 Å². The molecular formula is C30H34N4O3. The van der Waals surface area contributed by atoms with Crippen LogP contribution in [0.4, 0.5) is 10.5 Å². The van der Waals surface area contributed by atoms with Gasteiger partial charge < -0.3 is 24.8 Å². The Balaban J connectivity index is 1.50. The summed E-state index contributed by atoms with van der Waals surface area (Å²) in [6, 6.07) is 24.9. The third-order valence-electron chi connectivity index (χ3n) is 6.34. The summed E-state index contributed by atoms with van der Waals surface area (Å²) in [4.78, 5) is 33.3. The van der Waals surface area contributed by atoms with Gasteiger partial charge in [0.2, 0.25) is 5.91 Å². The third-order valence-corrected chi connectivity index (χ3v) is 6.34. The van der Waals surface area contributed by atoms with Crippen LogP contribution in [0.2, 0.25) is 0 Å². The summed E-state index contributed by atoms with van der Waals surface area (Å²) in [6.45, 7) is 3.48. The van der Waals surface area contributed by atoms with Crippen molar-refractivity contribution >= 4 is 28.5 Å². The minimum absolute atomic E-state index is 0.0105. The number of hydrogen-bond donors (Lipinski definition) is 2. The van der Waals surface area contributed by atoms with Gasteiger partial charge in [0.25, 0.3) is 0 Å². The molecule has 0 saturated carbocycles. The zero-order valence-corrected chi connectivity index (χ0v) is 21.4. The van der Waals surface area contributed by atoms with Crippen LogP contribution >= 0.6 is 0 Å². The van der Waals surface area contributed by atoms with Gasteiger partial charge in [0, 0.05) is 42.4 Å². The van der Waals surface area contributed by atoms with Gasteiger partial charge in [-0.15, -0.1) is 0 Å². The first-order valence-electron chi connectivity index (χ1n) is 12.6. The number of anilines is 1. The molecule has 0 atom stereocenters. The predicted molar refractivity (Wildman–Crippen MR) is 148 cm³/mol. The minimum atomic E-state index is -0.276. The standard InChI is InChI=1S/C30H34N4O3/c1-3-18-34(30(36)32-25-9-5-4-6-10-25)22-29(35)33(21-23-13-15-26(37-2)16-14-23)19-17-24-20-31-28-12-8-7-11-27(24)28/h4-16,20,31H,3,17-19,21-22H2,1-2H3,(H,32,36). The molecule has 0 aliphatic carbocycles. The van der Waals surface area contributed by atoms with Crippen LogP contribution in [0, 0.1) is 0 Å². The van der Waals surface area contributed by atoms with Crippen LogP contribution in [-0.4, -0.2) is 53.5 Å². The van der Waals surface area contributed by atoms with Gasteiger partial charge in [-0.25, -0.2) is 4.79 Å². The fraction of sp³-hybridized carbons (Fsp3) is 0.267. The Morgan fingerprint density at radius 2 is 1.62 bits per heavy atom. The van der Waals surface area contributed by atoms with Crippen LogP contribution in [0.15, 0.2) is 85.1 Å². The summed E-state index contributed by atoms with van der Waals surface area (Å²) < 4.78 is 5.28. The highest BCUT2D eigenvalue weighted by Gasteiger charge is 2.22. The fourth-order valence-corrected chi connectivity index (χ4v) is 4.35. The van der Waals surface area contributed by atoms with Crippen LogP contribution in [0.3, 0.4) is 0 Å². The molecule has 7 heteroatoms. The normalized spacial score (nSPS) is 10.8. The topological polar surface area (TPSA) is 77.7 Å². The summed E-state index contributed by atoms with van der Waals surface area (Å²) in [5, 5.41) is 4.07. The van der Waals surface area contributed by atoms with E-state index in [-0.39, 0.29) is 18.5 Å². The monoisotopic (exact) mass is 498 g/mol. The molecule has 1 heterocycles. The van der Waals surface area contributed by atoms with E-state index in [9.17, 15) is 9.59 Å². The molecule has 3 amide bonds. The first kappa shape index (κ1) is 25.8. The van der Waals surface area contributed by atoms with Crippen LogP contribution in [-0.2, 0) is 17.8 Å². The Labute approximate surface area is 218 Å². The van der Waals surface area contributed by atoms with Gasteiger partial charge >= 0.3 is 6.03 Å². The van der Waals surface area contributed by atoms with E-state index in [0.717, 1.165) is 34.2 Å². The molecule has 0 unspecified atom stereocenters. The molecule has 4 rings (SSSR count). The minimum Gasteiger partial charge on any atom is -0.497 e. The summed E-state index contributed by atoms with van der Waals surface area (Å²) in [5.74, 6) is 0.680. The van der Waals surface area contributed by atoms with E-state index in [1.807, 2.05) is 90.8 Å². The lowest BCUT2D eigenvalue weighted by Gasteiger charge is -2.28. The highest BCUT2D eigenvalue weighted by molar-refractivity contribution is 5.92. The number of rotatable bonds is 11. The molecule has 0 bridgehead atoms. The second-order valence-electron chi connectivity index (χ2n) is 8.99. The number of hydrogen-bond acceptors (Lipinski definition) is 3. The fourth-order valence-electron chi connectivity index (χ4n) is 4.35. The Bertz CT molecular complexity index is 1300. The Morgan fingerprint density at radius 1 is 0.892 bits per heavy atom. The first-order chi connectivity index (χ1) is 18.1. The molecule has 2 N–H and O–H groups in total. The molecule has 7 nitrogen and oxygen atoms in total. The molecule has 0 spiro atoms. The molecule has 0 aliphatic rings. The number of amides is 3. The van der Waals surface area contributed by atoms with Gasteiger partial charge in [-0.2, -0.15) is 0 Å². The number of benzene rings is 3. The number of para-hydroxylation sites is 2. The molecule has 3 aromatic carbocycles. The second kappa shape index (κ2) is 12.6. The quantitative estimate of drug-likeness (QED) is 0.279. The number of aromatic amines is 1. The maximum Gasteiger partial charge on any atom is 0.322 e. The van der Waals surface area contributed by atoms with E-state index in [0.29, 0.717) is 31.7 Å². The second-order valence-corrected chi connectivity index (χ2v) is 8.99. The smallest absolute Gasteiger partial charge is 0.322 e. The number of carbonyl (C=O) groups excluding carboxylic acids is 2. The van der Waals surface area contributed by atoms with Crippen molar-refractivity contribution < 1.29 is 14.3 Å². The average Bonchev–Trinajstić information content (AvgIpc) is 3.34. The summed E-state index contributed by atoms with van der Waals surface area (Å²) in [6.07, 6.45) is 3.47. The number of carbonyl (C=O) groups is 2. The number of urea groups is 1. The molecule has 0 saturated heterocycles. The third kappa shape index (κ3) is 6.91. The number of fused-ring (bicyclic) bond motifs is 1. The van der Waals surface area contributed by atoms with Crippen molar-refractivity contribution in [2.45, 2.75) is 26.3 Å². The largest absolute Gasteiger partial charge is 0.497 e. The molecule has 1 aromatic heterocycles. The van der Waals surface area contributed by atoms with E-state index in [2.05, 4.69) is 16.4 Å². The van der Waals surface area contributed by atoms with Crippen molar-refractivity contribution in [1.82, 2.24) is 14.8 Å². The molecule has 0 fully saturated rings. The maximum absolute atomic E-state index is 13.6. The highest BCUT2D eigenvalue weighted by atomic mass is 16.5.